The molecule has 2 bridgehead atoms. The summed E-state index contributed by atoms with van der Waals surface area (Å²) in [6, 6.07) is 2.00. The van der Waals surface area contributed by atoms with Crippen LogP contribution in [-0.2, 0) is 11.3 Å². The fraction of sp³-hybridized carbons (Fsp3) is 0.471. The van der Waals surface area contributed by atoms with Gasteiger partial charge in [-0.2, -0.15) is 11.3 Å². The van der Waals surface area contributed by atoms with E-state index in [-0.39, 0.29) is 12.2 Å². The molecule has 0 radical (unpaired) electrons. The molecule has 7 heteroatoms. The predicted molar refractivity (Wildman–Crippen MR) is 91.6 cm³/mol. The number of hydrogen-bond acceptors (Lipinski definition) is 6. The lowest BCUT2D eigenvalue weighted by molar-refractivity contribution is -0.0332. The van der Waals surface area contributed by atoms with Gasteiger partial charge >= 0.3 is 6.09 Å². The first kappa shape index (κ1) is 15.5. The molecule has 2 aromatic rings. The van der Waals surface area contributed by atoms with E-state index in [9.17, 15) is 4.79 Å². The predicted octanol–water partition coefficient (Wildman–Crippen LogP) is 2.53. The molecular weight excluding hydrogens is 324 g/mol. The largest absolute Gasteiger partial charge is 0.445 e. The summed E-state index contributed by atoms with van der Waals surface area (Å²) >= 11 is 1.61. The lowest BCUT2D eigenvalue weighted by atomic mass is 9.86. The van der Waals surface area contributed by atoms with Crippen molar-refractivity contribution in [3.8, 4) is 11.3 Å². The summed E-state index contributed by atoms with van der Waals surface area (Å²) in [6.07, 6.45) is 5.23. The molecule has 3 aliphatic rings. The van der Waals surface area contributed by atoms with Gasteiger partial charge in [-0.1, -0.05) is 0 Å². The molecule has 0 aromatic carbocycles. The second kappa shape index (κ2) is 6.86. The van der Waals surface area contributed by atoms with Gasteiger partial charge in [-0.3, -0.25) is 14.9 Å². The van der Waals surface area contributed by atoms with Gasteiger partial charge in [0, 0.05) is 29.9 Å². The van der Waals surface area contributed by atoms with Crippen LogP contribution < -0.4 is 5.32 Å². The van der Waals surface area contributed by atoms with Gasteiger partial charge in [0.05, 0.1) is 17.9 Å². The molecule has 24 heavy (non-hydrogen) atoms. The third-order valence-electron chi connectivity index (χ3n) is 4.82. The zero-order valence-electron chi connectivity index (χ0n) is 13.4. The maximum Gasteiger partial charge on any atom is 0.407 e. The molecule has 3 saturated heterocycles. The molecule has 1 amide bonds. The van der Waals surface area contributed by atoms with Gasteiger partial charge in [-0.05, 0) is 43.3 Å². The first-order valence-corrected chi connectivity index (χ1v) is 9.23. The van der Waals surface area contributed by atoms with Crippen molar-refractivity contribution < 1.29 is 9.53 Å². The van der Waals surface area contributed by atoms with E-state index >= 15 is 0 Å². The number of rotatable bonds is 4. The van der Waals surface area contributed by atoms with Gasteiger partial charge in [0.2, 0.25) is 0 Å². The molecule has 1 unspecified atom stereocenters. The van der Waals surface area contributed by atoms with E-state index in [2.05, 4.69) is 20.2 Å². The first-order chi connectivity index (χ1) is 11.8. The Kier molecular flexibility index (Phi) is 4.44. The summed E-state index contributed by atoms with van der Waals surface area (Å²) in [5.41, 5.74) is 2.58. The number of carbonyl (C=O) groups is 1. The Hall–Kier alpha value is -1.99. The molecule has 1 atom stereocenters. The van der Waals surface area contributed by atoms with E-state index in [4.69, 9.17) is 4.74 Å². The molecule has 0 saturated carbocycles. The monoisotopic (exact) mass is 344 g/mol. The highest BCUT2D eigenvalue weighted by molar-refractivity contribution is 7.08. The Morgan fingerprint density at radius 2 is 2.17 bits per heavy atom. The second-order valence-corrected chi connectivity index (χ2v) is 7.08. The summed E-state index contributed by atoms with van der Waals surface area (Å²) in [5, 5.41) is 6.86. The fourth-order valence-electron chi connectivity index (χ4n) is 3.52. The van der Waals surface area contributed by atoms with Crippen molar-refractivity contribution in [1.29, 1.82) is 0 Å². The van der Waals surface area contributed by atoms with E-state index < -0.39 is 0 Å². The molecule has 5 heterocycles. The van der Waals surface area contributed by atoms with E-state index in [1.165, 1.54) is 0 Å². The smallest absolute Gasteiger partial charge is 0.407 e. The Balaban J connectivity index is 1.36. The van der Waals surface area contributed by atoms with Crippen LogP contribution in [0.1, 0.15) is 18.5 Å². The van der Waals surface area contributed by atoms with Crippen molar-refractivity contribution >= 4 is 17.4 Å². The number of thiophene rings is 1. The lowest BCUT2D eigenvalue weighted by Crippen LogP contribution is -2.52. The molecule has 0 spiro atoms. The molecule has 6 nitrogen and oxygen atoms in total. The van der Waals surface area contributed by atoms with Gasteiger partial charge in [0.25, 0.3) is 0 Å². The average Bonchev–Trinajstić information content (AvgIpc) is 3.16. The Morgan fingerprint density at radius 3 is 2.88 bits per heavy atom. The highest BCUT2D eigenvalue weighted by atomic mass is 32.1. The van der Waals surface area contributed by atoms with Crippen molar-refractivity contribution in [3.05, 3.63) is 34.9 Å². The maximum atomic E-state index is 12.2. The summed E-state index contributed by atoms with van der Waals surface area (Å²) in [6.45, 7) is 3.45. The maximum absolute atomic E-state index is 12.2. The molecule has 126 valence electrons. The molecular formula is C17H20N4O2S. The quantitative estimate of drug-likeness (QED) is 0.923. The minimum atomic E-state index is -0.365. The molecule has 3 fully saturated rings. The number of ether oxygens (including phenoxy) is 1. The van der Waals surface area contributed by atoms with Crippen LogP contribution in [0.4, 0.5) is 4.79 Å². The average molecular weight is 344 g/mol. The van der Waals surface area contributed by atoms with Crippen LogP contribution >= 0.6 is 11.3 Å². The topological polar surface area (TPSA) is 67.3 Å². The number of alkyl carbamates (subject to hydrolysis) is 1. The van der Waals surface area contributed by atoms with Gasteiger partial charge < -0.3 is 10.1 Å². The van der Waals surface area contributed by atoms with E-state index in [0.717, 1.165) is 49.4 Å². The number of nitrogens with zero attached hydrogens (tertiary/aromatic N) is 3. The van der Waals surface area contributed by atoms with Crippen LogP contribution in [-0.4, -0.2) is 46.7 Å². The summed E-state index contributed by atoms with van der Waals surface area (Å²) in [4.78, 5) is 23.3. The Bertz CT molecular complexity index is 698. The number of piperidine rings is 3. The number of amides is 1. The van der Waals surface area contributed by atoms with Gasteiger partial charge in [0.1, 0.15) is 6.10 Å². The number of fused-ring (bicyclic) bond motifs is 3. The van der Waals surface area contributed by atoms with Crippen LogP contribution in [0.2, 0.25) is 0 Å². The van der Waals surface area contributed by atoms with Gasteiger partial charge in [-0.25, -0.2) is 4.79 Å². The van der Waals surface area contributed by atoms with Crippen LogP contribution in [0.15, 0.2) is 29.2 Å². The molecule has 0 aliphatic carbocycles. The highest BCUT2D eigenvalue weighted by Crippen LogP contribution is 2.29. The van der Waals surface area contributed by atoms with Crippen molar-refractivity contribution in [2.75, 3.05) is 19.6 Å². The van der Waals surface area contributed by atoms with Crippen LogP contribution in [0.5, 0.6) is 0 Å². The van der Waals surface area contributed by atoms with Crippen molar-refractivity contribution in [1.82, 2.24) is 20.2 Å². The number of aromatic nitrogens is 2. The third-order valence-corrected chi connectivity index (χ3v) is 5.51. The van der Waals surface area contributed by atoms with E-state index in [1.807, 2.05) is 16.8 Å². The number of hydrogen-bond donors (Lipinski definition) is 1. The van der Waals surface area contributed by atoms with Crippen molar-refractivity contribution in [2.45, 2.75) is 25.5 Å². The SMILES string of the molecule is O=C(NCc1nccnc1-c1ccsc1)OC1CN2CCC1CC2. The molecule has 2 aromatic heterocycles. The zero-order valence-corrected chi connectivity index (χ0v) is 14.2. The van der Waals surface area contributed by atoms with E-state index in [1.54, 1.807) is 23.7 Å². The zero-order chi connectivity index (χ0) is 16.4. The minimum absolute atomic E-state index is 0.0192. The Labute approximate surface area is 144 Å². The van der Waals surface area contributed by atoms with Gasteiger partial charge in [0.15, 0.2) is 0 Å². The first-order valence-electron chi connectivity index (χ1n) is 8.29. The lowest BCUT2D eigenvalue weighted by Gasteiger charge is -2.43. The number of nitrogens with one attached hydrogen (secondary N) is 1. The van der Waals surface area contributed by atoms with Crippen LogP contribution in [0.25, 0.3) is 11.3 Å². The van der Waals surface area contributed by atoms with Crippen molar-refractivity contribution in [2.24, 2.45) is 5.92 Å². The Morgan fingerprint density at radius 1 is 1.33 bits per heavy atom. The third kappa shape index (κ3) is 3.27. The van der Waals surface area contributed by atoms with E-state index in [0.29, 0.717) is 12.5 Å². The molecule has 1 N–H and O–H groups in total. The number of carbonyl (C=O) groups excluding carboxylic acids is 1. The summed E-state index contributed by atoms with van der Waals surface area (Å²) < 4.78 is 5.64. The van der Waals surface area contributed by atoms with Gasteiger partial charge in [-0.15, -0.1) is 0 Å². The minimum Gasteiger partial charge on any atom is -0.445 e. The molecule has 3 aliphatic heterocycles. The second-order valence-electron chi connectivity index (χ2n) is 6.30. The highest BCUT2D eigenvalue weighted by Gasteiger charge is 2.36. The van der Waals surface area contributed by atoms with Crippen LogP contribution in [0, 0.1) is 5.92 Å². The summed E-state index contributed by atoms with van der Waals surface area (Å²) in [7, 11) is 0. The summed E-state index contributed by atoms with van der Waals surface area (Å²) in [5.74, 6) is 0.513. The molecule has 5 rings (SSSR count). The van der Waals surface area contributed by atoms with Crippen molar-refractivity contribution in [3.63, 3.8) is 0 Å². The van der Waals surface area contributed by atoms with Crippen LogP contribution in [0.3, 0.4) is 0 Å². The standard InChI is InChI=1S/C17H20N4O2S/c22-17(23-15-10-21-6-1-12(15)2-7-21)20-9-14-16(19-5-4-18-14)13-3-8-24-11-13/h3-5,8,11-12,15H,1-2,6-7,9-10H2,(H,20,22). The normalized spacial score (nSPS) is 25.4. The fourth-order valence-corrected chi connectivity index (χ4v) is 4.16.